The predicted molar refractivity (Wildman–Crippen MR) is 80.6 cm³/mol. The highest BCUT2D eigenvalue weighted by atomic mass is 35.5. The van der Waals surface area contributed by atoms with Gasteiger partial charge in [0.15, 0.2) is 0 Å². The highest BCUT2D eigenvalue weighted by Crippen LogP contribution is 2.25. The van der Waals surface area contributed by atoms with Gasteiger partial charge in [0.2, 0.25) is 0 Å². The minimum atomic E-state index is 0.0447. The van der Waals surface area contributed by atoms with Gasteiger partial charge in [-0.05, 0) is 50.3 Å². The maximum Gasteiger partial charge on any atom is 0.0559 e. The van der Waals surface area contributed by atoms with Crippen LogP contribution in [0.2, 0.25) is 0 Å². The van der Waals surface area contributed by atoms with Gasteiger partial charge in [0, 0.05) is 0 Å². The zero-order valence-corrected chi connectivity index (χ0v) is 12.5. The SMILES string of the molecule is C\C=C/C(CC)=C(/C=C\CC)C(=C\C)\C(C)Cl. The highest BCUT2D eigenvalue weighted by molar-refractivity contribution is 6.22. The Hall–Kier alpha value is -0.750. The van der Waals surface area contributed by atoms with Crippen LogP contribution in [0.15, 0.2) is 47.1 Å². The smallest absolute Gasteiger partial charge is 0.0559 e. The van der Waals surface area contributed by atoms with Gasteiger partial charge >= 0.3 is 0 Å². The average molecular weight is 253 g/mol. The van der Waals surface area contributed by atoms with E-state index in [0.29, 0.717) is 0 Å². The number of halogens is 1. The lowest BCUT2D eigenvalue weighted by Crippen LogP contribution is -2.02. The van der Waals surface area contributed by atoms with Crippen LogP contribution < -0.4 is 0 Å². The van der Waals surface area contributed by atoms with Gasteiger partial charge in [-0.1, -0.05) is 44.2 Å². The maximum atomic E-state index is 6.26. The second kappa shape index (κ2) is 9.30. The number of hydrogen-bond acceptors (Lipinski definition) is 0. The molecule has 0 nitrogen and oxygen atoms in total. The Morgan fingerprint density at radius 2 is 1.82 bits per heavy atom. The molecule has 96 valence electrons. The predicted octanol–water partition coefficient (Wildman–Crippen LogP) is 5.81. The van der Waals surface area contributed by atoms with Crippen molar-refractivity contribution in [2.75, 3.05) is 0 Å². The molecule has 1 unspecified atom stereocenters. The van der Waals surface area contributed by atoms with Crippen molar-refractivity contribution in [3.8, 4) is 0 Å². The Bertz CT molecular complexity index is 327. The fraction of sp³-hybridized carbons (Fsp3) is 0.500. The van der Waals surface area contributed by atoms with Crippen molar-refractivity contribution >= 4 is 11.6 Å². The molecule has 1 atom stereocenters. The van der Waals surface area contributed by atoms with Crippen molar-refractivity contribution in [1.29, 1.82) is 0 Å². The normalized spacial score (nSPS) is 16.7. The molecule has 0 saturated carbocycles. The summed E-state index contributed by atoms with van der Waals surface area (Å²) in [5, 5.41) is 0.0447. The zero-order valence-electron chi connectivity index (χ0n) is 11.8. The van der Waals surface area contributed by atoms with Crippen molar-refractivity contribution in [3.63, 3.8) is 0 Å². The van der Waals surface area contributed by atoms with E-state index < -0.39 is 0 Å². The van der Waals surface area contributed by atoms with E-state index in [0.717, 1.165) is 12.8 Å². The van der Waals surface area contributed by atoms with Gasteiger partial charge in [-0.25, -0.2) is 0 Å². The molecule has 0 radical (unpaired) electrons. The molecule has 0 N–H and O–H groups in total. The summed E-state index contributed by atoms with van der Waals surface area (Å²) >= 11 is 6.26. The lowest BCUT2D eigenvalue weighted by atomic mass is 9.95. The molecule has 0 aromatic rings. The van der Waals surface area contributed by atoms with Gasteiger partial charge in [0.25, 0.3) is 0 Å². The van der Waals surface area contributed by atoms with Crippen LogP contribution >= 0.6 is 11.6 Å². The quantitative estimate of drug-likeness (QED) is 0.413. The zero-order chi connectivity index (χ0) is 13.3. The van der Waals surface area contributed by atoms with E-state index in [-0.39, 0.29) is 5.38 Å². The average Bonchev–Trinajstić information content (AvgIpc) is 2.31. The van der Waals surface area contributed by atoms with Gasteiger partial charge in [-0.15, -0.1) is 11.6 Å². The molecule has 0 fully saturated rings. The van der Waals surface area contributed by atoms with Crippen LogP contribution in [-0.4, -0.2) is 5.38 Å². The van der Waals surface area contributed by atoms with Crippen molar-refractivity contribution in [3.05, 3.63) is 47.1 Å². The molecule has 0 aromatic carbocycles. The number of hydrogen-bond donors (Lipinski definition) is 0. The summed E-state index contributed by atoms with van der Waals surface area (Å²) in [5.41, 5.74) is 3.83. The van der Waals surface area contributed by atoms with Gasteiger partial charge < -0.3 is 0 Å². The standard InChI is InChI=1S/C16H25Cl/c1-6-10-12-16(14(8-3)11-7-2)15(9-4)13(5)17/h7,9-13H,6,8H2,1-5H3/b11-7-,12-10-,15-9+,16-14-. The molecular formula is C16H25Cl. The topological polar surface area (TPSA) is 0 Å². The molecule has 0 aromatic heterocycles. The van der Waals surface area contributed by atoms with Gasteiger partial charge in [-0.2, -0.15) is 0 Å². The van der Waals surface area contributed by atoms with E-state index in [2.05, 4.69) is 58.1 Å². The van der Waals surface area contributed by atoms with E-state index in [9.17, 15) is 0 Å². The first-order valence-electron chi connectivity index (χ1n) is 6.45. The fourth-order valence-electron chi connectivity index (χ4n) is 1.82. The number of alkyl halides is 1. The Labute approximate surface area is 112 Å². The summed E-state index contributed by atoms with van der Waals surface area (Å²) in [5.74, 6) is 0. The van der Waals surface area contributed by atoms with Crippen molar-refractivity contribution in [2.24, 2.45) is 0 Å². The summed E-state index contributed by atoms with van der Waals surface area (Å²) in [7, 11) is 0. The summed E-state index contributed by atoms with van der Waals surface area (Å²) in [6.07, 6.45) is 12.8. The maximum absolute atomic E-state index is 6.26. The summed E-state index contributed by atoms with van der Waals surface area (Å²) in [4.78, 5) is 0. The molecular weight excluding hydrogens is 228 g/mol. The molecule has 0 rings (SSSR count). The van der Waals surface area contributed by atoms with E-state index in [1.54, 1.807) is 0 Å². The lowest BCUT2D eigenvalue weighted by Gasteiger charge is -2.14. The fourth-order valence-corrected chi connectivity index (χ4v) is 2.07. The van der Waals surface area contributed by atoms with E-state index in [1.165, 1.54) is 16.7 Å². The minimum absolute atomic E-state index is 0.0447. The third-order valence-electron chi connectivity index (χ3n) is 2.67. The van der Waals surface area contributed by atoms with E-state index in [4.69, 9.17) is 11.6 Å². The van der Waals surface area contributed by atoms with Crippen LogP contribution in [0.1, 0.15) is 47.5 Å². The van der Waals surface area contributed by atoms with Crippen molar-refractivity contribution in [1.82, 2.24) is 0 Å². The molecule has 0 amide bonds. The third-order valence-corrected chi connectivity index (χ3v) is 2.90. The van der Waals surface area contributed by atoms with Crippen molar-refractivity contribution in [2.45, 2.75) is 52.8 Å². The largest absolute Gasteiger partial charge is 0.118 e. The van der Waals surface area contributed by atoms with Crippen LogP contribution in [0.5, 0.6) is 0 Å². The van der Waals surface area contributed by atoms with Crippen LogP contribution in [0.25, 0.3) is 0 Å². The van der Waals surface area contributed by atoms with Crippen molar-refractivity contribution < 1.29 is 0 Å². The lowest BCUT2D eigenvalue weighted by molar-refractivity contribution is 1.06. The van der Waals surface area contributed by atoms with E-state index >= 15 is 0 Å². The second-order valence-electron chi connectivity index (χ2n) is 3.96. The van der Waals surface area contributed by atoms with Crippen LogP contribution in [0, 0.1) is 0 Å². The summed E-state index contributed by atoms with van der Waals surface area (Å²) < 4.78 is 0. The molecule has 1 heteroatoms. The molecule has 0 aliphatic carbocycles. The second-order valence-corrected chi connectivity index (χ2v) is 4.62. The summed E-state index contributed by atoms with van der Waals surface area (Å²) in [6, 6.07) is 0. The Kier molecular flexibility index (Phi) is 8.89. The Balaban J connectivity index is 5.60. The molecule has 0 aliphatic rings. The number of rotatable bonds is 6. The summed E-state index contributed by atoms with van der Waals surface area (Å²) in [6.45, 7) is 10.5. The molecule has 0 bridgehead atoms. The van der Waals surface area contributed by atoms with Crippen LogP contribution in [-0.2, 0) is 0 Å². The first-order chi connectivity index (χ1) is 8.12. The highest BCUT2D eigenvalue weighted by Gasteiger charge is 2.10. The first kappa shape index (κ1) is 16.2. The third kappa shape index (κ3) is 5.41. The first-order valence-corrected chi connectivity index (χ1v) is 6.88. The molecule has 0 saturated heterocycles. The van der Waals surface area contributed by atoms with Crippen LogP contribution in [0.4, 0.5) is 0 Å². The minimum Gasteiger partial charge on any atom is -0.118 e. The monoisotopic (exact) mass is 252 g/mol. The Morgan fingerprint density at radius 1 is 1.18 bits per heavy atom. The molecule has 0 aliphatic heterocycles. The van der Waals surface area contributed by atoms with Gasteiger partial charge in [-0.3, -0.25) is 0 Å². The molecule has 0 spiro atoms. The van der Waals surface area contributed by atoms with Gasteiger partial charge in [0.05, 0.1) is 5.38 Å². The molecule has 17 heavy (non-hydrogen) atoms. The van der Waals surface area contributed by atoms with E-state index in [1.807, 2.05) is 6.92 Å². The van der Waals surface area contributed by atoms with Crippen LogP contribution in [0.3, 0.4) is 0 Å². The van der Waals surface area contributed by atoms with Gasteiger partial charge in [0.1, 0.15) is 0 Å². The molecule has 0 heterocycles. The number of allylic oxidation sites excluding steroid dienone is 8. The Morgan fingerprint density at radius 3 is 2.18 bits per heavy atom.